The van der Waals surface area contributed by atoms with Crippen molar-refractivity contribution in [3.05, 3.63) is 63.6 Å². The van der Waals surface area contributed by atoms with Crippen LogP contribution in [0.2, 0.25) is 10.0 Å². The molecule has 0 heterocycles. The van der Waals surface area contributed by atoms with Crippen molar-refractivity contribution in [1.29, 1.82) is 0 Å². The maximum absolute atomic E-state index is 6.20. The summed E-state index contributed by atoms with van der Waals surface area (Å²) in [6.45, 7) is 4.23. The van der Waals surface area contributed by atoms with Gasteiger partial charge in [-0.25, -0.2) is 0 Å². The van der Waals surface area contributed by atoms with E-state index in [-0.39, 0.29) is 6.04 Å². The third-order valence-electron chi connectivity index (χ3n) is 3.17. The highest BCUT2D eigenvalue weighted by Gasteiger charge is 2.13. The maximum Gasteiger partial charge on any atom is 0.0723 e. The molecule has 0 radical (unpaired) electrons. The van der Waals surface area contributed by atoms with Crippen molar-refractivity contribution in [3.63, 3.8) is 0 Å². The second-order valence-electron chi connectivity index (χ2n) is 4.61. The largest absolute Gasteiger partial charge is 0.376 e. The van der Waals surface area contributed by atoms with Crippen LogP contribution < -0.4 is 5.32 Å². The van der Waals surface area contributed by atoms with Crippen molar-refractivity contribution in [3.8, 4) is 0 Å². The third-order valence-corrected chi connectivity index (χ3v) is 3.80. The van der Waals surface area contributed by atoms with Gasteiger partial charge in [-0.05, 0) is 31.0 Å². The van der Waals surface area contributed by atoms with E-state index < -0.39 is 0 Å². The highest BCUT2D eigenvalue weighted by Crippen LogP contribution is 2.33. The summed E-state index contributed by atoms with van der Waals surface area (Å²) in [5.41, 5.74) is 3.30. The lowest BCUT2D eigenvalue weighted by Crippen LogP contribution is -2.10. The van der Waals surface area contributed by atoms with Gasteiger partial charge in [-0.3, -0.25) is 0 Å². The summed E-state index contributed by atoms with van der Waals surface area (Å²) >= 11 is 12.4. The normalized spacial score (nSPS) is 12.2. The molecule has 100 valence electrons. The number of hydrogen-bond donors (Lipinski definition) is 1. The van der Waals surface area contributed by atoms with Crippen LogP contribution in [0.15, 0.2) is 42.5 Å². The average Bonchev–Trinajstić information content (AvgIpc) is 2.40. The Hall–Kier alpha value is -1.18. The smallest absolute Gasteiger partial charge is 0.0723 e. The van der Waals surface area contributed by atoms with Gasteiger partial charge in [0.25, 0.3) is 0 Å². The van der Waals surface area contributed by atoms with Crippen molar-refractivity contribution < 1.29 is 0 Å². The lowest BCUT2D eigenvalue weighted by atomic mass is 10.0. The molecule has 19 heavy (non-hydrogen) atoms. The van der Waals surface area contributed by atoms with E-state index in [0.29, 0.717) is 10.0 Å². The van der Waals surface area contributed by atoms with Gasteiger partial charge in [0, 0.05) is 0 Å². The molecule has 2 aromatic rings. The predicted octanol–water partition coefficient (Wildman–Crippen LogP) is 5.87. The fraction of sp³-hybridized carbons (Fsp3) is 0.250. The Kier molecular flexibility index (Phi) is 4.73. The molecule has 0 aliphatic rings. The molecular weight excluding hydrogens is 277 g/mol. The Labute approximate surface area is 124 Å². The van der Waals surface area contributed by atoms with Crippen LogP contribution in [-0.4, -0.2) is 0 Å². The summed E-state index contributed by atoms with van der Waals surface area (Å²) in [7, 11) is 0. The van der Waals surface area contributed by atoms with Gasteiger partial charge in [-0.2, -0.15) is 0 Å². The van der Waals surface area contributed by atoms with Crippen LogP contribution in [0.3, 0.4) is 0 Å². The molecule has 1 atom stereocenters. The first-order valence-electron chi connectivity index (χ1n) is 6.39. The Morgan fingerprint density at radius 1 is 1.00 bits per heavy atom. The van der Waals surface area contributed by atoms with Gasteiger partial charge >= 0.3 is 0 Å². The number of para-hydroxylation sites is 1. The van der Waals surface area contributed by atoms with E-state index in [0.717, 1.165) is 12.1 Å². The average molecular weight is 294 g/mol. The van der Waals surface area contributed by atoms with Crippen LogP contribution in [0, 0.1) is 6.92 Å². The first kappa shape index (κ1) is 14.2. The van der Waals surface area contributed by atoms with Gasteiger partial charge in [0.1, 0.15) is 0 Å². The van der Waals surface area contributed by atoms with Gasteiger partial charge in [-0.1, -0.05) is 66.0 Å². The summed E-state index contributed by atoms with van der Waals surface area (Å²) in [4.78, 5) is 0. The van der Waals surface area contributed by atoms with Crippen LogP contribution in [0.5, 0.6) is 0 Å². The molecule has 1 unspecified atom stereocenters. The fourth-order valence-electron chi connectivity index (χ4n) is 2.03. The number of aryl methyl sites for hydroxylation is 1. The van der Waals surface area contributed by atoms with Crippen LogP contribution in [0.1, 0.15) is 30.5 Å². The summed E-state index contributed by atoms with van der Waals surface area (Å²) in [6.07, 6.45) is 0.963. The standard InChI is InChI=1S/C16H17Cl2N/c1-3-15(12-9-7-11(2)8-10-12)19-16-13(17)5-4-6-14(16)18/h4-10,15,19H,3H2,1-2H3. The molecule has 0 saturated heterocycles. The Bertz CT molecular complexity index is 529. The number of halogens is 2. The van der Waals surface area contributed by atoms with E-state index in [1.807, 2.05) is 18.2 Å². The zero-order valence-corrected chi connectivity index (χ0v) is 12.6. The van der Waals surface area contributed by atoms with E-state index in [1.54, 1.807) is 0 Å². The molecule has 1 N–H and O–H groups in total. The third kappa shape index (κ3) is 3.43. The summed E-state index contributed by atoms with van der Waals surface area (Å²) in [6, 6.07) is 14.3. The monoisotopic (exact) mass is 293 g/mol. The van der Waals surface area contributed by atoms with Crippen LogP contribution in [0.25, 0.3) is 0 Å². The van der Waals surface area contributed by atoms with E-state index in [2.05, 4.69) is 43.4 Å². The molecular formula is C16H17Cl2N. The lowest BCUT2D eigenvalue weighted by molar-refractivity contribution is 0.749. The number of nitrogens with one attached hydrogen (secondary N) is 1. The molecule has 0 aliphatic heterocycles. The maximum atomic E-state index is 6.20. The van der Waals surface area contributed by atoms with Crippen LogP contribution >= 0.6 is 23.2 Å². The van der Waals surface area contributed by atoms with Crippen LogP contribution in [-0.2, 0) is 0 Å². The van der Waals surface area contributed by atoms with Crippen LogP contribution in [0.4, 0.5) is 5.69 Å². The first-order chi connectivity index (χ1) is 9.11. The predicted molar refractivity (Wildman–Crippen MR) is 84.3 cm³/mol. The molecule has 2 rings (SSSR count). The highest BCUT2D eigenvalue weighted by molar-refractivity contribution is 6.39. The zero-order chi connectivity index (χ0) is 13.8. The molecule has 0 spiro atoms. The summed E-state index contributed by atoms with van der Waals surface area (Å²) < 4.78 is 0. The van der Waals surface area contributed by atoms with Crippen molar-refractivity contribution >= 4 is 28.9 Å². The second-order valence-corrected chi connectivity index (χ2v) is 5.43. The van der Waals surface area contributed by atoms with Crippen molar-refractivity contribution in [2.24, 2.45) is 0 Å². The zero-order valence-electron chi connectivity index (χ0n) is 11.1. The molecule has 3 heteroatoms. The van der Waals surface area contributed by atoms with Crippen molar-refractivity contribution in [2.45, 2.75) is 26.3 Å². The van der Waals surface area contributed by atoms with E-state index in [9.17, 15) is 0 Å². The summed E-state index contributed by atoms with van der Waals surface area (Å²) in [5, 5.41) is 4.74. The summed E-state index contributed by atoms with van der Waals surface area (Å²) in [5.74, 6) is 0. The second kappa shape index (κ2) is 6.31. The van der Waals surface area contributed by atoms with Gasteiger partial charge in [-0.15, -0.1) is 0 Å². The first-order valence-corrected chi connectivity index (χ1v) is 7.14. The number of benzene rings is 2. The van der Waals surface area contributed by atoms with Gasteiger partial charge in [0.05, 0.1) is 21.8 Å². The van der Waals surface area contributed by atoms with Crippen molar-refractivity contribution in [1.82, 2.24) is 0 Å². The molecule has 0 aliphatic carbocycles. The van der Waals surface area contributed by atoms with E-state index in [1.165, 1.54) is 11.1 Å². The quantitative estimate of drug-likeness (QED) is 0.744. The highest BCUT2D eigenvalue weighted by atomic mass is 35.5. The molecule has 0 bridgehead atoms. The molecule has 0 saturated carbocycles. The fourth-order valence-corrected chi connectivity index (χ4v) is 2.54. The molecule has 1 nitrogen and oxygen atoms in total. The number of hydrogen-bond acceptors (Lipinski definition) is 1. The minimum absolute atomic E-state index is 0.206. The van der Waals surface area contributed by atoms with Crippen molar-refractivity contribution in [2.75, 3.05) is 5.32 Å². The minimum atomic E-state index is 0.206. The SMILES string of the molecule is CCC(Nc1c(Cl)cccc1Cl)c1ccc(C)cc1. The molecule has 0 aromatic heterocycles. The number of rotatable bonds is 4. The van der Waals surface area contributed by atoms with Gasteiger partial charge in [0.2, 0.25) is 0 Å². The molecule has 0 amide bonds. The topological polar surface area (TPSA) is 12.0 Å². The Morgan fingerprint density at radius 3 is 2.11 bits per heavy atom. The molecule has 2 aromatic carbocycles. The minimum Gasteiger partial charge on any atom is -0.376 e. The van der Waals surface area contributed by atoms with E-state index in [4.69, 9.17) is 23.2 Å². The number of anilines is 1. The van der Waals surface area contributed by atoms with Gasteiger partial charge in [0.15, 0.2) is 0 Å². The van der Waals surface area contributed by atoms with E-state index >= 15 is 0 Å². The molecule has 0 fully saturated rings. The lowest BCUT2D eigenvalue weighted by Gasteiger charge is -2.20. The Balaban J connectivity index is 2.26. The Morgan fingerprint density at radius 2 is 1.58 bits per heavy atom. The van der Waals surface area contributed by atoms with Gasteiger partial charge < -0.3 is 5.32 Å².